The minimum absolute atomic E-state index is 0.103. The van der Waals surface area contributed by atoms with E-state index in [9.17, 15) is 18.7 Å². The van der Waals surface area contributed by atoms with Gasteiger partial charge in [-0.25, -0.2) is 18.7 Å². The molecule has 2 heterocycles. The molecule has 9 heteroatoms. The van der Waals surface area contributed by atoms with E-state index in [1.807, 2.05) is 31.0 Å². The van der Waals surface area contributed by atoms with Crippen molar-refractivity contribution in [3.63, 3.8) is 0 Å². The van der Waals surface area contributed by atoms with Crippen molar-refractivity contribution in [2.24, 2.45) is 0 Å². The molecule has 0 aromatic carbocycles. The van der Waals surface area contributed by atoms with Gasteiger partial charge in [-0.2, -0.15) is 0 Å². The predicted molar refractivity (Wildman–Crippen MR) is 110 cm³/mol. The van der Waals surface area contributed by atoms with E-state index >= 15 is 0 Å². The quantitative estimate of drug-likeness (QED) is 0.634. The first kappa shape index (κ1) is 23.5. The molecule has 0 saturated carbocycles. The summed E-state index contributed by atoms with van der Waals surface area (Å²) in [6.07, 6.45) is -1.26. The van der Waals surface area contributed by atoms with Gasteiger partial charge in [-0.1, -0.05) is 6.07 Å². The average Bonchev–Trinajstić information content (AvgIpc) is 2.72. The fraction of sp³-hybridized carbons (Fsp3) is 0.476. The van der Waals surface area contributed by atoms with Crippen LogP contribution in [0.5, 0.6) is 5.88 Å². The van der Waals surface area contributed by atoms with Gasteiger partial charge in [0.2, 0.25) is 5.88 Å². The summed E-state index contributed by atoms with van der Waals surface area (Å²) >= 11 is 0. The van der Waals surface area contributed by atoms with Gasteiger partial charge in [0.1, 0.15) is 17.0 Å². The molecule has 2 aromatic heterocycles. The van der Waals surface area contributed by atoms with Crippen LogP contribution in [0.1, 0.15) is 36.8 Å². The third-order valence-corrected chi connectivity index (χ3v) is 4.47. The number of carbonyl (C=O) groups is 1. The maximum absolute atomic E-state index is 12.9. The van der Waals surface area contributed by atoms with Crippen LogP contribution >= 0.6 is 0 Å². The topological polar surface area (TPSA) is 78.8 Å². The van der Waals surface area contributed by atoms with Gasteiger partial charge < -0.3 is 19.6 Å². The number of rotatable bonds is 10. The largest absolute Gasteiger partial charge is 0.471 e. The Hall–Kier alpha value is -2.81. The standard InChI is InChI=1S/C21H28F2N4O3/c1-5-27(20(28)15-8-7-11-24-19(15)30-14-17(22)23)13-12-26(4)18-10-6-9-16(25-18)21(2,3)29/h6-11,17,29H,5,12-14H2,1-4H3. The van der Waals surface area contributed by atoms with E-state index in [1.165, 1.54) is 12.3 Å². The van der Waals surface area contributed by atoms with Crippen LogP contribution < -0.4 is 9.64 Å². The lowest BCUT2D eigenvalue weighted by molar-refractivity contribution is 0.0710. The average molecular weight is 422 g/mol. The number of hydrogen-bond acceptors (Lipinski definition) is 6. The predicted octanol–water partition coefficient (Wildman–Crippen LogP) is 2.95. The fourth-order valence-corrected chi connectivity index (χ4v) is 2.75. The van der Waals surface area contributed by atoms with E-state index in [4.69, 9.17) is 4.74 Å². The maximum atomic E-state index is 12.9. The van der Waals surface area contributed by atoms with Crippen LogP contribution in [0.4, 0.5) is 14.6 Å². The molecular weight excluding hydrogens is 394 g/mol. The summed E-state index contributed by atoms with van der Waals surface area (Å²) in [5.74, 6) is 0.219. The SMILES string of the molecule is CCN(CCN(C)c1cccc(C(C)(C)O)n1)C(=O)c1cccnc1OCC(F)F. The summed E-state index contributed by atoms with van der Waals surface area (Å²) in [5, 5.41) is 10.2. The van der Waals surface area contributed by atoms with Crippen molar-refractivity contribution in [3.05, 3.63) is 47.8 Å². The van der Waals surface area contributed by atoms with Crippen molar-refractivity contribution in [1.29, 1.82) is 0 Å². The molecule has 30 heavy (non-hydrogen) atoms. The van der Waals surface area contributed by atoms with Gasteiger partial charge in [-0.3, -0.25) is 4.79 Å². The van der Waals surface area contributed by atoms with Crippen LogP contribution in [0, 0.1) is 0 Å². The molecule has 1 amide bonds. The van der Waals surface area contributed by atoms with Crippen LogP contribution in [-0.4, -0.2) is 65.6 Å². The second kappa shape index (κ2) is 10.3. The summed E-state index contributed by atoms with van der Waals surface area (Å²) < 4.78 is 30.0. The summed E-state index contributed by atoms with van der Waals surface area (Å²) in [4.78, 5) is 24.8. The van der Waals surface area contributed by atoms with Gasteiger partial charge in [-0.15, -0.1) is 0 Å². The molecular formula is C21H28F2N4O3. The Kier molecular flexibility index (Phi) is 8.05. The molecule has 0 aliphatic carbocycles. The fourth-order valence-electron chi connectivity index (χ4n) is 2.75. The Morgan fingerprint density at radius 1 is 1.23 bits per heavy atom. The number of halogens is 2. The van der Waals surface area contributed by atoms with Crippen molar-refractivity contribution in [2.45, 2.75) is 32.8 Å². The number of alkyl halides is 2. The molecule has 0 unspecified atom stereocenters. The maximum Gasteiger partial charge on any atom is 0.272 e. The van der Waals surface area contributed by atoms with E-state index in [0.717, 1.165) is 0 Å². The summed E-state index contributed by atoms with van der Waals surface area (Å²) in [6.45, 7) is 5.62. The summed E-state index contributed by atoms with van der Waals surface area (Å²) in [6, 6.07) is 8.47. The monoisotopic (exact) mass is 422 g/mol. The molecule has 164 valence electrons. The van der Waals surface area contributed by atoms with Gasteiger partial charge in [0, 0.05) is 32.9 Å². The number of hydrogen-bond donors (Lipinski definition) is 1. The number of anilines is 1. The van der Waals surface area contributed by atoms with Crippen LogP contribution in [0.15, 0.2) is 36.5 Å². The van der Waals surface area contributed by atoms with Crippen molar-refractivity contribution in [1.82, 2.24) is 14.9 Å². The number of amides is 1. The Labute approximate surface area is 175 Å². The normalized spacial score (nSPS) is 11.5. The Bertz CT molecular complexity index is 843. The first-order valence-electron chi connectivity index (χ1n) is 9.69. The highest BCUT2D eigenvalue weighted by Crippen LogP contribution is 2.21. The minimum atomic E-state index is -2.65. The number of aliphatic hydroxyl groups is 1. The molecule has 0 radical (unpaired) electrons. The first-order chi connectivity index (χ1) is 14.1. The van der Waals surface area contributed by atoms with E-state index in [2.05, 4.69) is 9.97 Å². The number of pyridine rings is 2. The van der Waals surface area contributed by atoms with Crippen LogP contribution in [-0.2, 0) is 5.60 Å². The zero-order chi connectivity index (χ0) is 22.3. The van der Waals surface area contributed by atoms with Crippen LogP contribution in [0.3, 0.4) is 0 Å². The zero-order valence-electron chi connectivity index (χ0n) is 17.7. The molecule has 2 aromatic rings. The van der Waals surface area contributed by atoms with Crippen molar-refractivity contribution >= 4 is 11.7 Å². The van der Waals surface area contributed by atoms with Gasteiger partial charge >= 0.3 is 0 Å². The summed E-state index contributed by atoms with van der Waals surface area (Å²) in [5.41, 5.74) is -0.367. The Morgan fingerprint density at radius 2 is 1.97 bits per heavy atom. The highest BCUT2D eigenvalue weighted by molar-refractivity contribution is 5.96. The van der Waals surface area contributed by atoms with Crippen molar-refractivity contribution in [2.75, 3.05) is 38.2 Å². The summed E-state index contributed by atoms with van der Waals surface area (Å²) in [7, 11) is 1.84. The number of aromatic nitrogens is 2. The number of likely N-dealkylation sites (N-methyl/N-ethyl adjacent to an activating group) is 2. The number of carbonyl (C=O) groups excluding carboxylic acids is 1. The van der Waals surface area contributed by atoms with Crippen LogP contribution in [0.25, 0.3) is 0 Å². The number of nitrogens with zero attached hydrogens (tertiary/aromatic N) is 4. The lowest BCUT2D eigenvalue weighted by atomic mass is 10.1. The molecule has 0 aliphatic heterocycles. The highest BCUT2D eigenvalue weighted by atomic mass is 19.3. The third kappa shape index (κ3) is 6.35. The number of ether oxygens (including phenoxy) is 1. The third-order valence-electron chi connectivity index (χ3n) is 4.47. The Morgan fingerprint density at radius 3 is 2.60 bits per heavy atom. The van der Waals surface area contributed by atoms with Gasteiger partial charge in [0.15, 0.2) is 6.61 Å². The molecule has 0 aliphatic rings. The second-order valence-corrected chi connectivity index (χ2v) is 7.30. The molecule has 0 atom stereocenters. The van der Waals surface area contributed by atoms with E-state index < -0.39 is 18.6 Å². The van der Waals surface area contributed by atoms with E-state index in [0.29, 0.717) is 31.1 Å². The van der Waals surface area contributed by atoms with Gasteiger partial charge in [-0.05, 0) is 45.0 Å². The Balaban J connectivity index is 2.08. The van der Waals surface area contributed by atoms with E-state index in [1.54, 1.807) is 30.9 Å². The van der Waals surface area contributed by atoms with Crippen molar-refractivity contribution < 1.29 is 23.4 Å². The van der Waals surface area contributed by atoms with E-state index in [-0.39, 0.29) is 17.4 Å². The molecule has 0 fully saturated rings. The first-order valence-corrected chi connectivity index (χ1v) is 9.69. The van der Waals surface area contributed by atoms with Gasteiger partial charge in [0.25, 0.3) is 12.3 Å². The van der Waals surface area contributed by atoms with Crippen molar-refractivity contribution in [3.8, 4) is 5.88 Å². The molecule has 0 spiro atoms. The molecule has 0 bridgehead atoms. The van der Waals surface area contributed by atoms with Crippen LogP contribution in [0.2, 0.25) is 0 Å². The zero-order valence-corrected chi connectivity index (χ0v) is 17.7. The lowest BCUT2D eigenvalue weighted by Crippen LogP contribution is -2.38. The molecule has 0 saturated heterocycles. The highest BCUT2D eigenvalue weighted by Gasteiger charge is 2.22. The molecule has 2 rings (SSSR count). The van der Waals surface area contributed by atoms with Gasteiger partial charge in [0.05, 0.1) is 5.69 Å². The molecule has 1 N–H and O–H groups in total. The second-order valence-electron chi connectivity index (χ2n) is 7.30. The smallest absolute Gasteiger partial charge is 0.272 e. The lowest BCUT2D eigenvalue weighted by Gasteiger charge is -2.26. The minimum Gasteiger partial charge on any atom is -0.471 e. The molecule has 7 nitrogen and oxygen atoms in total.